The van der Waals surface area contributed by atoms with Gasteiger partial charge in [0.2, 0.25) is 10.0 Å². The molecule has 1 amide bonds. The average molecular weight is 369 g/mol. The van der Waals surface area contributed by atoms with Crippen molar-refractivity contribution in [1.82, 2.24) is 4.98 Å². The molecule has 1 fully saturated rings. The summed E-state index contributed by atoms with van der Waals surface area (Å²) in [6, 6.07) is 14.6. The first-order chi connectivity index (χ1) is 12.4. The molecule has 0 spiro atoms. The summed E-state index contributed by atoms with van der Waals surface area (Å²) < 4.78 is 25.4. The zero-order valence-electron chi connectivity index (χ0n) is 14.3. The van der Waals surface area contributed by atoms with Crippen LogP contribution in [0.5, 0.6) is 0 Å². The number of H-pyrrole nitrogens is 1. The van der Waals surface area contributed by atoms with E-state index in [0.29, 0.717) is 30.0 Å². The highest BCUT2D eigenvalue weighted by atomic mass is 32.2. The second-order valence-electron chi connectivity index (χ2n) is 6.52. The van der Waals surface area contributed by atoms with Gasteiger partial charge in [-0.3, -0.25) is 9.10 Å². The maximum Gasteiger partial charge on any atom is 0.272 e. The Morgan fingerprint density at radius 2 is 1.88 bits per heavy atom. The first-order valence-corrected chi connectivity index (χ1v) is 10.0. The second-order valence-corrected chi connectivity index (χ2v) is 8.53. The summed E-state index contributed by atoms with van der Waals surface area (Å²) >= 11 is 0. The van der Waals surface area contributed by atoms with Crippen LogP contribution in [0.3, 0.4) is 0 Å². The van der Waals surface area contributed by atoms with E-state index in [-0.39, 0.29) is 11.7 Å². The molecule has 2 N–H and O–H groups in total. The Balaban J connectivity index is 1.52. The minimum absolute atomic E-state index is 0.186. The van der Waals surface area contributed by atoms with Crippen molar-refractivity contribution < 1.29 is 13.2 Å². The molecule has 26 heavy (non-hydrogen) atoms. The highest BCUT2D eigenvalue weighted by molar-refractivity contribution is 7.93. The lowest BCUT2D eigenvalue weighted by atomic mass is 10.2. The minimum atomic E-state index is -3.20. The van der Waals surface area contributed by atoms with Crippen LogP contribution in [0.4, 0.5) is 11.4 Å². The van der Waals surface area contributed by atoms with Crippen LogP contribution >= 0.6 is 0 Å². The lowest BCUT2D eigenvalue weighted by Gasteiger charge is -2.17. The van der Waals surface area contributed by atoms with Crippen molar-refractivity contribution in [1.29, 1.82) is 0 Å². The van der Waals surface area contributed by atoms with Crippen LogP contribution in [0.15, 0.2) is 48.5 Å². The van der Waals surface area contributed by atoms with E-state index in [1.54, 1.807) is 24.3 Å². The van der Waals surface area contributed by atoms with Gasteiger partial charge < -0.3 is 10.3 Å². The molecule has 2 aromatic carbocycles. The van der Waals surface area contributed by atoms with Crippen LogP contribution in [-0.4, -0.2) is 31.6 Å². The third-order valence-corrected chi connectivity index (χ3v) is 6.40. The zero-order chi connectivity index (χ0) is 18.3. The maximum absolute atomic E-state index is 12.5. The van der Waals surface area contributed by atoms with Crippen LogP contribution in [0, 0.1) is 6.92 Å². The van der Waals surface area contributed by atoms with Crippen molar-refractivity contribution in [2.75, 3.05) is 21.9 Å². The molecular formula is C19H19N3O3S. The molecule has 134 valence electrons. The van der Waals surface area contributed by atoms with Crippen LogP contribution < -0.4 is 9.62 Å². The van der Waals surface area contributed by atoms with Gasteiger partial charge in [0.15, 0.2) is 0 Å². The number of hydrogen-bond acceptors (Lipinski definition) is 3. The Labute approximate surface area is 151 Å². The molecule has 1 aliphatic heterocycles. The van der Waals surface area contributed by atoms with Gasteiger partial charge in [-0.15, -0.1) is 0 Å². The summed E-state index contributed by atoms with van der Waals surface area (Å²) in [6.07, 6.45) is 0.640. The topological polar surface area (TPSA) is 82.3 Å². The first-order valence-electron chi connectivity index (χ1n) is 8.44. The molecule has 3 aromatic rings. The molecule has 1 aliphatic rings. The highest BCUT2D eigenvalue weighted by Gasteiger charge is 2.28. The van der Waals surface area contributed by atoms with Gasteiger partial charge >= 0.3 is 0 Å². The third kappa shape index (κ3) is 3.06. The van der Waals surface area contributed by atoms with Crippen LogP contribution in [0.2, 0.25) is 0 Å². The standard InChI is InChI=1S/C19H19N3O3S/c1-13-3-8-17-14(11-13)12-18(21-17)19(23)20-15-4-6-16(7-5-15)22-9-2-10-26(22,24)25/h3-8,11-12,21H,2,9-10H2,1H3,(H,20,23). The summed E-state index contributed by atoms with van der Waals surface area (Å²) in [7, 11) is -3.20. The fraction of sp³-hybridized carbons (Fsp3) is 0.211. The number of amides is 1. The summed E-state index contributed by atoms with van der Waals surface area (Å²) in [5, 5.41) is 3.82. The summed E-state index contributed by atoms with van der Waals surface area (Å²) in [5.41, 5.74) is 3.77. The van der Waals surface area contributed by atoms with E-state index < -0.39 is 10.0 Å². The molecule has 2 heterocycles. The Kier molecular flexibility index (Phi) is 3.96. The van der Waals surface area contributed by atoms with Crippen molar-refractivity contribution in [2.24, 2.45) is 0 Å². The molecule has 0 unspecified atom stereocenters. The van der Waals surface area contributed by atoms with Gasteiger partial charge in [-0.1, -0.05) is 11.6 Å². The molecule has 0 atom stereocenters. The fourth-order valence-electron chi connectivity index (χ4n) is 3.21. The van der Waals surface area contributed by atoms with Gasteiger partial charge in [-0.2, -0.15) is 0 Å². The quantitative estimate of drug-likeness (QED) is 0.743. The highest BCUT2D eigenvalue weighted by Crippen LogP contribution is 2.25. The zero-order valence-corrected chi connectivity index (χ0v) is 15.1. The number of carbonyl (C=O) groups is 1. The van der Waals surface area contributed by atoms with Crippen molar-refractivity contribution in [3.05, 3.63) is 59.8 Å². The van der Waals surface area contributed by atoms with E-state index in [1.165, 1.54) is 4.31 Å². The molecule has 0 saturated carbocycles. The molecule has 1 aromatic heterocycles. The van der Waals surface area contributed by atoms with E-state index in [9.17, 15) is 13.2 Å². The Morgan fingerprint density at radius 3 is 2.58 bits per heavy atom. The average Bonchev–Trinajstić information content (AvgIpc) is 3.18. The molecular weight excluding hydrogens is 350 g/mol. The number of carbonyl (C=O) groups excluding carboxylic acids is 1. The summed E-state index contributed by atoms with van der Waals surface area (Å²) in [4.78, 5) is 15.6. The van der Waals surface area contributed by atoms with Gasteiger partial charge in [-0.05, 0) is 55.8 Å². The van der Waals surface area contributed by atoms with Gasteiger partial charge in [0, 0.05) is 23.1 Å². The number of aromatic amines is 1. The molecule has 6 nitrogen and oxygen atoms in total. The van der Waals surface area contributed by atoms with E-state index in [4.69, 9.17) is 0 Å². The summed E-state index contributed by atoms with van der Waals surface area (Å²) in [6.45, 7) is 2.51. The number of aryl methyl sites for hydroxylation is 1. The van der Waals surface area contributed by atoms with Crippen LogP contribution in [0.25, 0.3) is 10.9 Å². The molecule has 1 saturated heterocycles. The number of sulfonamides is 1. The maximum atomic E-state index is 12.5. The van der Waals surface area contributed by atoms with Gasteiger partial charge in [0.05, 0.1) is 11.4 Å². The Hall–Kier alpha value is -2.80. The largest absolute Gasteiger partial charge is 0.351 e. The number of aromatic nitrogens is 1. The van der Waals surface area contributed by atoms with Crippen molar-refractivity contribution in [3.63, 3.8) is 0 Å². The number of anilines is 2. The van der Waals surface area contributed by atoms with Crippen LogP contribution in [-0.2, 0) is 10.0 Å². The Morgan fingerprint density at radius 1 is 1.12 bits per heavy atom. The van der Waals surface area contributed by atoms with E-state index >= 15 is 0 Å². The van der Waals surface area contributed by atoms with Gasteiger partial charge in [0.1, 0.15) is 5.69 Å². The molecule has 7 heteroatoms. The number of nitrogens with one attached hydrogen (secondary N) is 2. The molecule has 0 radical (unpaired) electrons. The summed E-state index contributed by atoms with van der Waals surface area (Å²) in [5.74, 6) is -0.0499. The van der Waals surface area contributed by atoms with E-state index in [1.807, 2.05) is 31.2 Å². The van der Waals surface area contributed by atoms with Crippen molar-refractivity contribution in [3.8, 4) is 0 Å². The number of rotatable bonds is 3. The predicted octanol–water partition coefficient (Wildman–Crippen LogP) is 3.27. The number of fused-ring (bicyclic) bond motifs is 1. The molecule has 0 aliphatic carbocycles. The third-order valence-electron chi connectivity index (χ3n) is 4.53. The molecule has 0 bridgehead atoms. The van der Waals surface area contributed by atoms with Gasteiger partial charge in [0.25, 0.3) is 5.91 Å². The SMILES string of the molecule is Cc1ccc2[nH]c(C(=O)Nc3ccc(N4CCCS4(=O)=O)cc3)cc2c1. The number of nitrogens with zero attached hydrogens (tertiary/aromatic N) is 1. The predicted molar refractivity (Wildman–Crippen MR) is 103 cm³/mol. The monoisotopic (exact) mass is 369 g/mol. The fourth-order valence-corrected chi connectivity index (χ4v) is 4.78. The normalized spacial score (nSPS) is 16.1. The van der Waals surface area contributed by atoms with Crippen molar-refractivity contribution in [2.45, 2.75) is 13.3 Å². The lowest BCUT2D eigenvalue weighted by molar-refractivity contribution is 0.102. The minimum Gasteiger partial charge on any atom is -0.351 e. The van der Waals surface area contributed by atoms with Gasteiger partial charge in [-0.25, -0.2) is 8.42 Å². The van der Waals surface area contributed by atoms with E-state index in [0.717, 1.165) is 16.5 Å². The number of benzene rings is 2. The smallest absolute Gasteiger partial charge is 0.272 e. The lowest BCUT2D eigenvalue weighted by Crippen LogP contribution is -2.25. The second kappa shape index (κ2) is 6.17. The number of hydrogen-bond donors (Lipinski definition) is 2. The van der Waals surface area contributed by atoms with Crippen molar-refractivity contribution >= 4 is 38.2 Å². The van der Waals surface area contributed by atoms with Crippen LogP contribution in [0.1, 0.15) is 22.5 Å². The first kappa shape index (κ1) is 16.7. The van der Waals surface area contributed by atoms with E-state index in [2.05, 4.69) is 10.3 Å². The molecule has 4 rings (SSSR count). The Bertz CT molecular complexity index is 1080.